The van der Waals surface area contributed by atoms with Gasteiger partial charge in [0, 0.05) is 47.7 Å². The maximum absolute atomic E-state index is 10.4. The molecule has 3 aromatic rings. The zero-order chi connectivity index (χ0) is 24.2. The van der Waals surface area contributed by atoms with Gasteiger partial charge in [0.2, 0.25) is 0 Å². The Labute approximate surface area is 212 Å². The van der Waals surface area contributed by atoms with E-state index >= 15 is 0 Å². The third-order valence-electron chi connectivity index (χ3n) is 8.88. The van der Waals surface area contributed by atoms with Crippen molar-refractivity contribution in [2.45, 2.75) is 69.1 Å². The average molecular weight is 486 g/mol. The number of benzene rings is 2. The van der Waals surface area contributed by atoms with Gasteiger partial charge in [0.25, 0.3) is 0 Å². The number of fused-ring (bicyclic) bond motifs is 4. The van der Waals surface area contributed by atoms with Gasteiger partial charge < -0.3 is 25.0 Å². The minimum atomic E-state index is 0.302. The molecule has 8 rings (SSSR count). The van der Waals surface area contributed by atoms with E-state index in [0.717, 1.165) is 54.5 Å². The summed E-state index contributed by atoms with van der Waals surface area (Å²) in [5.74, 6) is 0.785. The SMILES string of the molecule is CN1CCC[C@H]1COc1nc2c(c(C3C[C@@H]4C[C@H](C3)N4)n1)CCN(c1cc(O)cc3ccccc13)C2. The molecule has 2 aromatic carbocycles. The van der Waals surface area contributed by atoms with Gasteiger partial charge in [0.05, 0.1) is 17.9 Å². The molecule has 1 aliphatic carbocycles. The van der Waals surface area contributed by atoms with Crippen LogP contribution < -0.4 is 15.0 Å². The van der Waals surface area contributed by atoms with Crippen LogP contribution >= 0.6 is 0 Å². The van der Waals surface area contributed by atoms with E-state index in [1.165, 1.54) is 30.5 Å². The van der Waals surface area contributed by atoms with Crippen LogP contribution in [-0.2, 0) is 13.0 Å². The number of nitrogens with one attached hydrogen (secondary N) is 1. The molecule has 188 valence electrons. The Balaban J connectivity index is 1.22. The average Bonchev–Trinajstić information content (AvgIpc) is 3.30. The van der Waals surface area contributed by atoms with E-state index in [1.807, 2.05) is 18.2 Å². The van der Waals surface area contributed by atoms with Gasteiger partial charge in [0.15, 0.2) is 0 Å². The monoisotopic (exact) mass is 485 g/mol. The van der Waals surface area contributed by atoms with E-state index in [2.05, 4.69) is 40.4 Å². The Kier molecular flexibility index (Phi) is 5.51. The molecule has 0 amide bonds. The zero-order valence-electron chi connectivity index (χ0n) is 21.0. The van der Waals surface area contributed by atoms with Crippen molar-refractivity contribution in [3.8, 4) is 11.8 Å². The molecule has 0 spiro atoms. The highest BCUT2D eigenvalue weighted by Gasteiger charge is 2.40. The normalized spacial score (nSPS) is 27.6. The fourth-order valence-electron chi connectivity index (χ4n) is 6.93. The number of rotatable bonds is 5. The van der Waals surface area contributed by atoms with E-state index in [9.17, 15) is 5.11 Å². The van der Waals surface area contributed by atoms with Crippen molar-refractivity contribution in [3.63, 3.8) is 0 Å². The largest absolute Gasteiger partial charge is 0.508 e. The molecular formula is C29H35N5O2. The zero-order valence-corrected chi connectivity index (χ0v) is 21.0. The van der Waals surface area contributed by atoms with Gasteiger partial charge in [-0.15, -0.1) is 0 Å². The molecule has 36 heavy (non-hydrogen) atoms. The topological polar surface area (TPSA) is 73.8 Å². The first-order valence-corrected chi connectivity index (χ1v) is 13.6. The van der Waals surface area contributed by atoms with Crippen molar-refractivity contribution in [2.75, 3.05) is 31.6 Å². The Morgan fingerprint density at radius 2 is 1.92 bits per heavy atom. The van der Waals surface area contributed by atoms with Crippen LogP contribution in [0, 0.1) is 0 Å². The fraction of sp³-hybridized carbons (Fsp3) is 0.517. The Morgan fingerprint density at radius 1 is 1.08 bits per heavy atom. The van der Waals surface area contributed by atoms with E-state index < -0.39 is 0 Å². The van der Waals surface area contributed by atoms with Gasteiger partial charge in [-0.25, -0.2) is 0 Å². The van der Waals surface area contributed by atoms with Crippen LogP contribution in [0.5, 0.6) is 11.8 Å². The Hall–Kier alpha value is -2.90. The predicted octanol–water partition coefficient (Wildman–Crippen LogP) is 3.98. The van der Waals surface area contributed by atoms with Crippen LogP contribution in [0.15, 0.2) is 36.4 Å². The van der Waals surface area contributed by atoms with Gasteiger partial charge in [-0.2, -0.15) is 9.97 Å². The predicted molar refractivity (Wildman–Crippen MR) is 141 cm³/mol. The van der Waals surface area contributed by atoms with Crippen molar-refractivity contribution in [2.24, 2.45) is 0 Å². The van der Waals surface area contributed by atoms with E-state index in [1.54, 1.807) is 0 Å². The summed E-state index contributed by atoms with van der Waals surface area (Å²) in [6, 6.07) is 14.3. The highest BCUT2D eigenvalue weighted by atomic mass is 16.5. The van der Waals surface area contributed by atoms with Crippen molar-refractivity contribution in [1.82, 2.24) is 20.2 Å². The molecule has 7 nitrogen and oxygen atoms in total. The summed E-state index contributed by atoms with van der Waals surface area (Å²) in [4.78, 5) is 14.8. The number of anilines is 1. The number of likely N-dealkylation sites (tertiary alicyclic amines) is 1. The van der Waals surface area contributed by atoms with Crippen LogP contribution in [-0.4, -0.2) is 64.8 Å². The molecule has 0 radical (unpaired) electrons. The molecule has 5 heterocycles. The number of hydrogen-bond donors (Lipinski definition) is 2. The summed E-state index contributed by atoms with van der Waals surface area (Å²) >= 11 is 0. The van der Waals surface area contributed by atoms with Crippen molar-refractivity contribution in [1.29, 1.82) is 0 Å². The van der Waals surface area contributed by atoms with Crippen molar-refractivity contribution in [3.05, 3.63) is 53.3 Å². The summed E-state index contributed by atoms with van der Waals surface area (Å²) in [5, 5.41) is 16.3. The molecule has 2 N–H and O–H groups in total. The fourth-order valence-corrected chi connectivity index (χ4v) is 6.93. The first-order chi connectivity index (χ1) is 17.6. The minimum absolute atomic E-state index is 0.302. The molecule has 2 bridgehead atoms. The van der Waals surface area contributed by atoms with E-state index in [0.29, 0.717) is 49.0 Å². The number of hydrogen-bond acceptors (Lipinski definition) is 7. The number of nitrogens with zero attached hydrogens (tertiary/aromatic N) is 4. The molecule has 7 heteroatoms. The lowest BCUT2D eigenvalue weighted by Crippen LogP contribution is -2.57. The lowest BCUT2D eigenvalue weighted by atomic mass is 9.73. The second-order valence-electron chi connectivity index (χ2n) is 11.2. The highest BCUT2D eigenvalue weighted by molar-refractivity contribution is 5.95. The summed E-state index contributed by atoms with van der Waals surface area (Å²) in [5.41, 5.74) is 4.70. The molecule has 5 aliphatic rings. The van der Waals surface area contributed by atoms with Crippen molar-refractivity contribution >= 4 is 16.5 Å². The second-order valence-corrected chi connectivity index (χ2v) is 11.2. The van der Waals surface area contributed by atoms with Crippen LogP contribution in [0.3, 0.4) is 0 Å². The van der Waals surface area contributed by atoms with E-state index in [4.69, 9.17) is 14.7 Å². The molecule has 1 saturated carbocycles. The summed E-state index contributed by atoms with van der Waals surface area (Å²) in [6.07, 6.45) is 6.94. The third kappa shape index (κ3) is 3.98. The number of phenols is 1. The third-order valence-corrected chi connectivity index (χ3v) is 8.88. The van der Waals surface area contributed by atoms with Gasteiger partial charge in [-0.05, 0) is 69.1 Å². The molecule has 1 aromatic heterocycles. The van der Waals surface area contributed by atoms with Gasteiger partial charge in [0.1, 0.15) is 12.4 Å². The van der Waals surface area contributed by atoms with Gasteiger partial charge in [-0.3, -0.25) is 0 Å². The van der Waals surface area contributed by atoms with Crippen LogP contribution in [0.25, 0.3) is 10.8 Å². The molecule has 1 unspecified atom stereocenters. The summed E-state index contributed by atoms with van der Waals surface area (Å²) < 4.78 is 6.29. The molecule has 4 atom stereocenters. The second kappa shape index (κ2) is 8.89. The Morgan fingerprint density at radius 3 is 2.72 bits per heavy atom. The maximum Gasteiger partial charge on any atom is 0.316 e. The number of ether oxygens (including phenoxy) is 1. The number of aromatic hydroxyl groups is 1. The lowest BCUT2D eigenvalue weighted by molar-refractivity contribution is 0.157. The highest BCUT2D eigenvalue weighted by Crippen LogP contribution is 2.42. The number of piperidine rings is 1. The molecule has 3 saturated heterocycles. The standard InChI is InChI=1S/C29H35N5O2/c1-33-9-4-6-22(33)17-36-29-31-26-16-34(27-15-23(35)13-18-5-2-3-7-24(18)27)10-8-25(26)28(32-29)19-11-20-14-21(12-19)30-20/h2-3,5,7,13,15,19-22,30,35H,4,6,8-12,14,16-17H2,1H3/t19?,20-,21+,22-/m0/s1. The Bertz CT molecular complexity index is 1280. The first kappa shape index (κ1) is 22.3. The summed E-state index contributed by atoms with van der Waals surface area (Å²) in [7, 11) is 2.18. The molecule has 4 fully saturated rings. The number of phenolic OH excluding ortho intramolecular Hbond substituents is 1. The van der Waals surface area contributed by atoms with Gasteiger partial charge >= 0.3 is 6.01 Å². The van der Waals surface area contributed by atoms with Crippen LogP contribution in [0.4, 0.5) is 5.69 Å². The quantitative estimate of drug-likeness (QED) is 0.566. The van der Waals surface area contributed by atoms with Crippen LogP contribution in [0.2, 0.25) is 0 Å². The molecular weight excluding hydrogens is 450 g/mol. The number of likely N-dealkylation sites (N-methyl/N-ethyl adjacent to an activating group) is 1. The summed E-state index contributed by atoms with van der Waals surface area (Å²) in [6.45, 7) is 3.37. The maximum atomic E-state index is 10.4. The van der Waals surface area contributed by atoms with Gasteiger partial charge in [-0.1, -0.05) is 24.3 Å². The lowest BCUT2D eigenvalue weighted by Gasteiger charge is -2.47. The van der Waals surface area contributed by atoms with E-state index in [-0.39, 0.29) is 0 Å². The molecule has 4 aliphatic heterocycles. The van der Waals surface area contributed by atoms with Crippen LogP contribution in [0.1, 0.15) is 55.0 Å². The van der Waals surface area contributed by atoms with Crippen molar-refractivity contribution < 1.29 is 9.84 Å². The first-order valence-electron chi connectivity index (χ1n) is 13.6. The minimum Gasteiger partial charge on any atom is -0.508 e. The number of aromatic nitrogens is 2. The smallest absolute Gasteiger partial charge is 0.316 e.